The molecule has 1 aromatic carbocycles. The van der Waals surface area contributed by atoms with Gasteiger partial charge in [0.05, 0.1) is 12.1 Å². The lowest BCUT2D eigenvalue weighted by atomic mass is 9.96. The van der Waals surface area contributed by atoms with Gasteiger partial charge in [-0.2, -0.15) is 0 Å². The number of fused-ring (bicyclic) bond motifs is 1. The summed E-state index contributed by atoms with van der Waals surface area (Å²) in [5.41, 5.74) is 3.28. The number of benzene rings is 1. The summed E-state index contributed by atoms with van der Waals surface area (Å²) >= 11 is 0. The molecule has 0 aliphatic carbocycles. The van der Waals surface area contributed by atoms with Crippen molar-refractivity contribution in [2.45, 2.75) is 46.1 Å². The molecule has 0 radical (unpaired) electrons. The van der Waals surface area contributed by atoms with Gasteiger partial charge in [-0.15, -0.1) is 0 Å². The molecule has 2 heterocycles. The van der Waals surface area contributed by atoms with Gasteiger partial charge in [-0.1, -0.05) is 18.2 Å². The first-order valence-electron chi connectivity index (χ1n) is 9.93. The number of hydrogen-bond donors (Lipinski definition) is 2. The molecule has 1 aromatic heterocycles. The Morgan fingerprint density at radius 2 is 1.96 bits per heavy atom. The highest BCUT2D eigenvalue weighted by molar-refractivity contribution is 5.92. The van der Waals surface area contributed by atoms with Crippen LogP contribution in [0.3, 0.4) is 0 Å². The van der Waals surface area contributed by atoms with E-state index in [0.717, 1.165) is 43.7 Å². The van der Waals surface area contributed by atoms with Gasteiger partial charge in [0.25, 0.3) is 0 Å². The lowest BCUT2D eigenvalue weighted by Crippen LogP contribution is -2.47. The first kappa shape index (κ1) is 19.6. The van der Waals surface area contributed by atoms with Gasteiger partial charge in [0.1, 0.15) is 0 Å². The Morgan fingerprint density at radius 1 is 1.22 bits per heavy atom. The maximum atomic E-state index is 12.1. The summed E-state index contributed by atoms with van der Waals surface area (Å²) in [5.74, 6) is 0.762. The Bertz CT molecular complexity index is 788. The number of anilines is 1. The maximum Gasteiger partial charge on any atom is 0.234 e. The molecule has 5 heteroatoms. The molecule has 0 spiro atoms. The van der Waals surface area contributed by atoms with Crippen LogP contribution in [-0.4, -0.2) is 47.5 Å². The summed E-state index contributed by atoms with van der Waals surface area (Å²) in [6, 6.07) is 8.39. The van der Waals surface area contributed by atoms with Crippen molar-refractivity contribution < 1.29 is 4.79 Å². The molecule has 1 amide bonds. The molecular formula is C22H32N4O. The van der Waals surface area contributed by atoms with E-state index in [-0.39, 0.29) is 11.4 Å². The molecule has 27 heavy (non-hydrogen) atoms. The highest BCUT2D eigenvalue weighted by Crippen LogP contribution is 2.25. The third-order valence-corrected chi connectivity index (χ3v) is 5.14. The number of aromatic nitrogens is 1. The number of aryl methyl sites for hydroxylation is 1. The molecule has 1 aliphatic rings. The minimum Gasteiger partial charge on any atom is -0.384 e. The van der Waals surface area contributed by atoms with Gasteiger partial charge < -0.3 is 10.6 Å². The average Bonchev–Trinajstić information content (AvgIpc) is 2.60. The van der Waals surface area contributed by atoms with Crippen molar-refractivity contribution in [3.05, 3.63) is 36.0 Å². The molecule has 1 aliphatic heterocycles. The van der Waals surface area contributed by atoms with E-state index in [0.29, 0.717) is 12.5 Å². The summed E-state index contributed by atoms with van der Waals surface area (Å²) in [7, 11) is 0. The predicted octanol–water partition coefficient (Wildman–Crippen LogP) is 3.58. The second-order valence-corrected chi connectivity index (χ2v) is 8.73. The molecule has 0 atom stereocenters. The molecule has 5 nitrogen and oxygen atoms in total. The lowest BCUT2D eigenvalue weighted by Gasteiger charge is -2.32. The van der Waals surface area contributed by atoms with Gasteiger partial charge >= 0.3 is 0 Å². The highest BCUT2D eigenvalue weighted by Gasteiger charge is 2.22. The van der Waals surface area contributed by atoms with E-state index in [2.05, 4.69) is 51.7 Å². The van der Waals surface area contributed by atoms with Crippen LogP contribution in [-0.2, 0) is 4.79 Å². The summed E-state index contributed by atoms with van der Waals surface area (Å²) in [6.45, 7) is 11.6. The number of nitrogens with zero attached hydrogens (tertiary/aromatic N) is 2. The lowest BCUT2D eigenvalue weighted by molar-refractivity contribution is -0.124. The summed E-state index contributed by atoms with van der Waals surface area (Å²) in [5, 5.41) is 7.87. The molecule has 1 saturated heterocycles. The van der Waals surface area contributed by atoms with Gasteiger partial charge in [0.15, 0.2) is 0 Å². The molecule has 3 rings (SSSR count). The molecule has 2 aromatic rings. The zero-order valence-corrected chi connectivity index (χ0v) is 17.0. The zero-order chi connectivity index (χ0) is 19.4. The minimum absolute atomic E-state index is 0.123. The second-order valence-electron chi connectivity index (χ2n) is 8.73. The van der Waals surface area contributed by atoms with Crippen LogP contribution in [0.5, 0.6) is 0 Å². The number of rotatable bonds is 5. The maximum absolute atomic E-state index is 12.1. The fraction of sp³-hybridized carbons (Fsp3) is 0.545. The Hall–Kier alpha value is -2.14. The number of nitrogens with one attached hydrogen (secondary N) is 2. The average molecular weight is 369 g/mol. The fourth-order valence-corrected chi connectivity index (χ4v) is 3.74. The predicted molar refractivity (Wildman–Crippen MR) is 112 cm³/mol. The van der Waals surface area contributed by atoms with Crippen LogP contribution in [0, 0.1) is 12.8 Å². The van der Waals surface area contributed by atoms with Crippen LogP contribution in [0.2, 0.25) is 0 Å². The molecular weight excluding hydrogens is 336 g/mol. The van der Waals surface area contributed by atoms with Crippen molar-refractivity contribution in [3.8, 4) is 0 Å². The van der Waals surface area contributed by atoms with Gasteiger partial charge in [-0.05, 0) is 71.2 Å². The number of carbonyl (C=O) groups excluding carboxylic acids is 1. The number of hydrogen-bond acceptors (Lipinski definition) is 4. The molecule has 2 N–H and O–H groups in total. The van der Waals surface area contributed by atoms with E-state index < -0.39 is 0 Å². The Balaban J connectivity index is 1.49. The SMILES string of the molecule is Cc1cccc2c(NCC3CCN(CC(=O)NC(C)(C)C)CC3)ccnc12. The summed E-state index contributed by atoms with van der Waals surface area (Å²) in [6.07, 6.45) is 4.13. The van der Waals surface area contributed by atoms with Gasteiger partial charge in [0, 0.05) is 29.4 Å². The van der Waals surface area contributed by atoms with Crippen molar-refractivity contribution in [2.75, 3.05) is 31.5 Å². The van der Waals surface area contributed by atoms with Crippen LogP contribution in [0.15, 0.2) is 30.5 Å². The monoisotopic (exact) mass is 368 g/mol. The van der Waals surface area contributed by atoms with Crippen LogP contribution in [0.4, 0.5) is 5.69 Å². The highest BCUT2D eigenvalue weighted by atomic mass is 16.2. The van der Waals surface area contributed by atoms with E-state index in [1.165, 1.54) is 10.9 Å². The molecule has 1 fully saturated rings. The topological polar surface area (TPSA) is 57.3 Å². The number of piperidine rings is 1. The van der Waals surface area contributed by atoms with E-state index in [1.54, 1.807) is 0 Å². The van der Waals surface area contributed by atoms with Crippen molar-refractivity contribution in [1.82, 2.24) is 15.2 Å². The number of likely N-dealkylation sites (tertiary alicyclic amines) is 1. The number of amides is 1. The zero-order valence-electron chi connectivity index (χ0n) is 17.0. The fourth-order valence-electron chi connectivity index (χ4n) is 3.74. The molecule has 0 bridgehead atoms. The first-order chi connectivity index (χ1) is 12.8. The first-order valence-corrected chi connectivity index (χ1v) is 9.93. The van der Waals surface area contributed by atoms with Crippen LogP contribution in [0.25, 0.3) is 10.9 Å². The van der Waals surface area contributed by atoms with Gasteiger partial charge in [-0.25, -0.2) is 0 Å². The van der Waals surface area contributed by atoms with E-state index in [4.69, 9.17) is 0 Å². The third-order valence-electron chi connectivity index (χ3n) is 5.14. The Morgan fingerprint density at radius 3 is 2.67 bits per heavy atom. The minimum atomic E-state index is -0.162. The van der Waals surface area contributed by atoms with Crippen LogP contribution < -0.4 is 10.6 Å². The van der Waals surface area contributed by atoms with Crippen molar-refractivity contribution in [1.29, 1.82) is 0 Å². The van der Waals surface area contributed by atoms with Crippen molar-refractivity contribution in [2.24, 2.45) is 5.92 Å². The van der Waals surface area contributed by atoms with Crippen LogP contribution in [0.1, 0.15) is 39.2 Å². The number of pyridine rings is 1. The molecule has 0 unspecified atom stereocenters. The third kappa shape index (κ3) is 5.42. The number of para-hydroxylation sites is 1. The van der Waals surface area contributed by atoms with Crippen molar-refractivity contribution in [3.63, 3.8) is 0 Å². The Labute approximate surface area is 162 Å². The second kappa shape index (κ2) is 8.26. The number of carbonyl (C=O) groups is 1. The normalized spacial score (nSPS) is 16.4. The van der Waals surface area contributed by atoms with E-state index >= 15 is 0 Å². The Kier molecular flexibility index (Phi) is 6.00. The quantitative estimate of drug-likeness (QED) is 0.847. The molecule has 146 valence electrons. The summed E-state index contributed by atoms with van der Waals surface area (Å²) in [4.78, 5) is 18.9. The van der Waals surface area contributed by atoms with E-state index in [9.17, 15) is 4.79 Å². The largest absolute Gasteiger partial charge is 0.384 e. The molecule has 0 saturated carbocycles. The standard InChI is InChI=1S/C22H32N4O/c1-16-6-5-7-18-19(8-11-23-21(16)18)24-14-17-9-12-26(13-10-17)15-20(27)25-22(2,3)4/h5-8,11,17H,9-10,12-15H2,1-4H3,(H,23,24)(H,25,27). The van der Waals surface area contributed by atoms with Crippen molar-refractivity contribution >= 4 is 22.5 Å². The smallest absolute Gasteiger partial charge is 0.234 e. The van der Waals surface area contributed by atoms with Crippen LogP contribution >= 0.6 is 0 Å². The van der Waals surface area contributed by atoms with Gasteiger partial charge in [-0.3, -0.25) is 14.7 Å². The van der Waals surface area contributed by atoms with E-state index in [1.807, 2.05) is 27.0 Å². The van der Waals surface area contributed by atoms with Gasteiger partial charge in [0.2, 0.25) is 5.91 Å². The summed E-state index contributed by atoms with van der Waals surface area (Å²) < 4.78 is 0.